The fraction of sp³-hybridized carbons (Fsp3) is 0.750. The molecule has 0 rings (SSSR count). The van der Waals surface area contributed by atoms with E-state index in [2.05, 4.69) is 6.58 Å². The highest BCUT2D eigenvalue weighted by Crippen LogP contribution is 2.23. The molecule has 88 valence electrons. The van der Waals surface area contributed by atoms with Crippen LogP contribution in [0.2, 0.25) is 0 Å². The Morgan fingerprint density at radius 2 is 1.93 bits per heavy atom. The molecule has 0 aliphatic heterocycles. The van der Waals surface area contributed by atoms with E-state index < -0.39 is 11.1 Å². The lowest BCUT2D eigenvalue weighted by Gasteiger charge is -2.33. The highest BCUT2D eigenvalue weighted by atomic mass is 16.6. The molecular weight excluding hydrogens is 190 g/mol. The molecule has 15 heavy (non-hydrogen) atoms. The first-order valence-corrected chi connectivity index (χ1v) is 5.26. The van der Waals surface area contributed by atoms with Crippen LogP contribution in [-0.4, -0.2) is 17.1 Å². The first-order valence-electron chi connectivity index (χ1n) is 5.26. The average molecular weight is 213 g/mol. The van der Waals surface area contributed by atoms with Gasteiger partial charge in [-0.2, -0.15) is 0 Å². The zero-order valence-corrected chi connectivity index (χ0v) is 10.5. The largest absolute Gasteiger partial charge is 0.459 e. The summed E-state index contributed by atoms with van der Waals surface area (Å²) in [5.74, 6) is -0.338. The minimum atomic E-state index is -0.963. The molecule has 0 aromatic rings. The Bertz CT molecular complexity index is 240. The highest BCUT2D eigenvalue weighted by Gasteiger charge is 2.39. The molecule has 0 fully saturated rings. The van der Waals surface area contributed by atoms with Gasteiger partial charge in [-0.05, 0) is 33.1 Å². The molecule has 0 aliphatic carbocycles. The standard InChI is InChI=1S/C12H23NO2/c1-7-8-12(13,9(2)3)10(14)15-11(4,5)6/h7,9H,1,8,13H2,2-6H3/t12-/m0/s1. The Hall–Kier alpha value is -0.830. The summed E-state index contributed by atoms with van der Waals surface area (Å²) in [7, 11) is 0. The molecule has 0 bridgehead atoms. The van der Waals surface area contributed by atoms with E-state index in [9.17, 15) is 4.79 Å². The second-order valence-corrected chi connectivity index (χ2v) is 5.19. The normalized spacial score (nSPS) is 15.9. The molecule has 0 amide bonds. The third-order valence-corrected chi connectivity index (χ3v) is 2.29. The van der Waals surface area contributed by atoms with Gasteiger partial charge in [-0.1, -0.05) is 19.9 Å². The average Bonchev–Trinajstić information content (AvgIpc) is 2.00. The number of rotatable bonds is 4. The maximum absolute atomic E-state index is 11.9. The van der Waals surface area contributed by atoms with E-state index in [1.54, 1.807) is 6.08 Å². The van der Waals surface area contributed by atoms with Gasteiger partial charge in [0.15, 0.2) is 0 Å². The second kappa shape index (κ2) is 4.79. The molecule has 0 aromatic heterocycles. The number of hydrogen-bond donors (Lipinski definition) is 1. The van der Waals surface area contributed by atoms with Crippen molar-refractivity contribution in [2.24, 2.45) is 11.7 Å². The summed E-state index contributed by atoms with van der Waals surface area (Å²) in [5.41, 5.74) is 4.59. The molecule has 2 N–H and O–H groups in total. The fourth-order valence-electron chi connectivity index (χ4n) is 1.17. The van der Waals surface area contributed by atoms with Crippen molar-refractivity contribution in [1.29, 1.82) is 0 Å². The van der Waals surface area contributed by atoms with Crippen LogP contribution in [0.1, 0.15) is 41.0 Å². The molecule has 3 nitrogen and oxygen atoms in total. The van der Waals surface area contributed by atoms with Crippen LogP contribution in [0, 0.1) is 5.92 Å². The molecular formula is C12H23NO2. The van der Waals surface area contributed by atoms with Crippen LogP contribution in [0.5, 0.6) is 0 Å². The lowest BCUT2D eigenvalue weighted by Crippen LogP contribution is -2.54. The van der Waals surface area contributed by atoms with Crippen LogP contribution in [0.4, 0.5) is 0 Å². The van der Waals surface area contributed by atoms with E-state index in [-0.39, 0.29) is 11.9 Å². The van der Waals surface area contributed by atoms with Crippen LogP contribution in [0.25, 0.3) is 0 Å². The molecule has 0 aliphatic rings. The third-order valence-electron chi connectivity index (χ3n) is 2.29. The Morgan fingerprint density at radius 1 is 1.47 bits per heavy atom. The number of esters is 1. The predicted octanol–water partition coefficient (Wildman–Crippen LogP) is 2.26. The molecule has 0 saturated carbocycles. The van der Waals surface area contributed by atoms with E-state index >= 15 is 0 Å². The van der Waals surface area contributed by atoms with Gasteiger partial charge in [0.2, 0.25) is 0 Å². The van der Waals surface area contributed by atoms with E-state index in [1.807, 2.05) is 34.6 Å². The van der Waals surface area contributed by atoms with Gasteiger partial charge in [0.1, 0.15) is 11.1 Å². The monoisotopic (exact) mass is 213 g/mol. The quantitative estimate of drug-likeness (QED) is 0.575. The van der Waals surface area contributed by atoms with Crippen LogP contribution < -0.4 is 5.73 Å². The minimum absolute atomic E-state index is 0.0188. The van der Waals surface area contributed by atoms with Crippen molar-refractivity contribution in [3.05, 3.63) is 12.7 Å². The summed E-state index contributed by atoms with van der Waals surface area (Å²) in [6.07, 6.45) is 2.09. The molecule has 3 heteroatoms. The van der Waals surface area contributed by atoms with Gasteiger partial charge < -0.3 is 10.5 Å². The number of hydrogen-bond acceptors (Lipinski definition) is 3. The van der Waals surface area contributed by atoms with Crippen molar-refractivity contribution in [2.75, 3.05) is 0 Å². The number of carbonyl (C=O) groups is 1. The lowest BCUT2D eigenvalue weighted by atomic mass is 9.84. The first kappa shape index (κ1) is 14.2. The summed E-state index contributed by atoms with van der Waals surface area (Å²) >= 11 is 0. The summed E-state index contributed by atoms with van der Waals surface area (Å²) in [4.78, 5) is 11.9. The van der Waals surface area contributed by atoms with Gasteiger partial charge >= 0.3 is 5.97 Å². The summed E-state index contributed by atoms with van der Waals surface area (Å²) < 4.78 is 5.31. The topological polar surface area (TPSA) is 52.3 Å². The predicted molar refractivity (Wildman–Crippen MR) is 62.4 cm³/mol. The summed E-state index contributed by atoms with van der Waals surface area (Å²) in [5, 5.41) is 0. The van der Waals surface area contributed by atoms with Crippen LogP contribution in [-0.2, 0) is 9.53 Å². The Morgan fingerprint density at radius 3 is 2.20 bits per heavy atom. The Balaban J connectivity index is 4.79. The molecule has 0 aromatic carbocycles. The Kier molecular flexibility index (Phi) is 4.53. The first-order chi connectivity index (χ1) is 6.63. The zero-order valence-electron chi connectivity index (χ0n) is 10.5. The zero-order chi connectivity index (χ0) is 12.3. The fourth-order valence-corrected chi connectivity index (χ4v) is 1.17. The summed E-state index contributed by atoms with van der Waals surface area (Å²) in [6, 6.07) is 0. The van der Waals surface area contributed by atoms with Crippen molar-refractivity contribution in [1.82, 2.24) is 0 Å². The van der Waals surface area contributed by atoms with Crippen molar-refractivity contribution in [3.8, 4) is 0 Å². The van der Waals surface area contributed by atoms with Gasteiger partial charge in [0.25, 0.3) is 0 Å². The van der Waals surface area contributed by atoms with Gasteiger partial charge in [-0.25, -0.2) is 0 Å². The van der Waals surface area contributed by atoms with E-state index in [1.165, 1.54) is 0 Å². The van der Waals surface area contributed by atoms with Crippen molar-refractivity contribution >= 4 is 5.97 Å². The third kappa shape index (κ3) is 4.04. The number of ether oxygens (including phenoxy) is 1. The molecule has 0 unspecified atom stereocenters. The van der Waals surface area contributed by atoms with Gasteiger partial charge in [-0.15, -0.1) is 6.58 Å². The van der Waals surface area contributed by atoms with Crippen LogP contribution in [0.3, 0.4) is 0 Å². The van der Waals surface area contributed by atoms with E-state index in [0.717, 1.165) is 0 Å². The maximum Gasteiger partial charge on any atom is 0.327 e. The lowest BCUT2D eigenvalue weighted by molar-refractivity contribution is -0.163. The van der Waals surface area contributed by atoms with Crippen molar-refractivity contribution < 1.29 is 9.53 Å². The molecule has 0 heterocycles. The minimum Gasteiger partial charge on any atom is -0.459 e. The van der Waals surface area contributed by atoms with Crippen molar-refractivity contribution in [2.45, 2.75) is 52.2 Å². The Labute approximate surface area is 92.7 Å². The van der Waals surface area contributed by atoms with Gasteiger partial charge in [0, 0.05) is 0 Å². The van der Waals surface area contributed by atoms with Gasteiger partial charge in [-0.3, -0.25) is 4.79 Å². The number of carbonyl (C=O) groups excluding carboxylic acids is 1. The molecule has 0 spiro atoms. The van der Waals surface area contributed by atoms with E-state index in [4.69, 9.17) is 10.5 Å². The van der Waals surface area contributed by atoms with Gasteiger partial charge in [0.05, 0.1) is 0 Å². The van der Waals surface area contributed by atoms with Crippen molar-refractivity contribution in [3.63, 3.8) is 0 Å². The second-order valence-electron chi connectivity index (χ2n) is 5.19. The number of nitrogens with two attached hydrogens (primary N) is 1. The summed E-state index contributed by atoms with van der Waals surface area (Å²) in [6.45, 7) is 12.9. The van der Waals surface area contributed by atoms with E-state index in [0.29, 0.717) is 6.42 Å². The SMILES string of the molecule is C=CC[C@@](N)(C(=O)OC(C)(C)C)C(C)C. The highest BCUT2D eigenvalue weighted by molar-refractivity contribution is 5.81. The maximum atomic E-state index is 11.9. The smallest absolute Gasteiger partial charge is 0.327 e. The van der Waals surface area contributed by atoms with Crippen LogP contribution >= 0.6 is 0 Å². The molecule has 1 atom stereocenters. The molecule has 0 saturated heterocycles. The van der Waals surface area contributed by atoms with Crippen LogP contribution in [0.15, 0.2) is 12.7 Å². The molecule has 0 radical (unpaired) electrons.